The molecule has 0 spiro atoms. The van der Waals surface area contributed by atoms with E-state index in [0.717, 1.165) is 17.8 Å². The van der Waals surface area contributed by atoms with Crippen LogP contribution in [0.1, 0.15) is 23.9 Å². The van der Waals surface area contributed by atoms with Crippen molar-refractivity contribution >= 4 is 5.91 Å². The van der Waals surface area contributed by atoms with E-state index in [-0.39, 0.29) is 5.91 Å². The zero-order valence-electron chi connectivity index (χ0n) is 6.98. The Morgan fingerprint density at radius 1 is 1.58 bits per heavy atom. The van der Waals surface area contributed by atoms with E-state index >= 15 is 0 Å². The SMILES string of the molecule is CCc1n[nH]c2c1CNC(=O)C2. The van der Waals surface area contributed by atoms with Crippen LogP contribution < -0.4 is 5.32 Å². The average Bonchev–Trinajstić information content (AvgIpc) is 2.46. The summed E-state index contributed by atoms with van der Waals surface area (Å²) < 4.78 is 0. The Kier molecular flexibility index (Phi) is 1.60. The predicted molar refractivity (Wildman–Crippen MR) is 43.5 cm³/mol. The third-order valence-electron chi connectivity index (χ3n) is 2.17. The smallest absolute Gasteiger partial charge is 0.226 e. The maximum absolute atomic E-state index is 11.0. The summed E-state index contributed by atoms with van der Waals surface area (Å²) in [5.74, 6) is 0.0776. The summed E-state index contributed by atoms with van der Waals surface area (Å²) in [6.07, 6.45) is 1.37. The topological polar surface area (TPSA) is 57.8 Å². The number of carbonyl (C=O) groups is 1. The summed E-state index contributed by atoms with van der Waals surface area (Å²) in [6, 6.07) is 0. The van der Waals surface area contributed by atoms with Gasteiger partial charge in [0.2, 0.25) is 5.91 Å². The van der Waals surface area contributed by atoms with E-state index in [9.17, 15) is 4.79 Å². The van der Waals surface area contributed by atoms with Crippen molar-refractivity contribution < 1.29 is 4.79 Å². The predicted octanol–water partition coefficient (Wildman–Crippen LogP) is 0.144. The number of aromatic nitrogens is 2. The number of aromatic amines is 1. The van der Waals surface area contributed by atoms with E-state index in [2.05, 4.69) is 22.4 Å². The molecule has 0 unspecified atom stereocenters. The van der Waals surface area contributed by atoms with Crippen LogP contribution in [-0.4, -0.2) is 16.1 Å². The van der Waals surface area contributed by atoms with Crippen LogP contribution in [0, 0.1) is 0 Å². The van der Waals surface area contributed by atoms with Crippen molar-refractivity contribution in [3.8, 4) is 0 Å². The highest BCUT2D eigenvalue weighted by Gasteiger charge is 2.19. The van der Waals surface area contributed by atoms with Gasteiger partial charge in [0.1, 0.15) is 0 Å². The van der Waals surface area contributed by atoms with E-state index in [1.165, 1.54) is 5.56 Å². The minimum Gasteiger partial charge on any atom is -0.352 e. The highest BCUT2D eigenvalue weighted by Crippen LogP contribution is 2.15. The number of nitrogens with one attached hydrogen (secondary N) is 2. The molecule has 2 rings (SSSR count). The summed E-state index contributed by atoms with van der Waals surface area (Å²) in [5.41, 5.74) is 3.23. The van der Waals surface area contributed by atoms with E-state index in [0.29, 0.717) is 13.0 Å². The van der Waals surface area contributed by atoms with Crippen LogP contribution >= 0.6 is 0 Å². The minimum atomic E-state index is 0.0776. The molecule has 2 N–H and O–H groups in total. The second-order valence-corrected chi connectivity index (χ2v) is 2.93. The second-order valence-electron chi connectivity index (χ2n) is 2.93. The zero-order valence-corrected chi connectivity index (χ0v) is 6.98. The summed E-state index contributed by atoms with van der Waals surface area (Å²) >= 11 is 0. The molecule has 0 aliphatic carbocycles. The highest BCUT2D eigenvalue weighted by atomic mass is 16.1. The van der Waals surface area contributed by atoms with Gasteiger partial charge in [-0.1, -0.05) is 6.92 Å². The molecule has 1 aromatic rings. The normalized spacial score (nSPS) is 15.6. The molecular formula is C8H11N3O. The van der Waals surface area contributed by atoms with Gasteiger partial charge in [-0.2, -0.15) is 5.10 Å². The maximum atomic E-state index is 11.0. The largest absolute Gasteiger partial charge is 0.352 e. The Balaban J connectivity index is 2.38. The van der Waals surface area contributed by atoms with Gasteiger partial charge in [-0.05, 0) is 6.42 Å². The number of hydrogen-bond donors (Lipinski definition) is 2. The first-order chi connectivity index (χ1) is 5.81. The monoisotopic (exact) mass is 165 g/mol. The van der Waals surface area contributed by atoms with Crippen molar-refractivity contribution in [2.45, 2.75) is 26.3 Å². The van der Waals surface area contributed by atoms with Crippen LogP contribution in [0.4, 0.5) is 0 Å². The molecule has 12 heavy (non-hydrogen) atoms. The number of aryl methyl sites for hydroxylation is 1. The molecule has 1 aliphatic rings. The summed E-state index contributed by atoms with van der Waals surface area (Å²) in [6.45, 7) is 2.70. The molecule has 0 bridgehead atoms. The molecule has 4 nitrogen and oxygen atoms in total. The van der Waals surface area contributed by atoms with Gasteiger partial charge in [0, 0.05) is 17.8 Å². The van der Waals surface area contributed by atoms with Gasteiger partial charge in [-0.25, -0.2) is 0 Å². The van der Waals surface area contributed by atoms with Crippen molar-refractivity contribution in [1.29, 1.82) is 0 Å². The van der Waals surface area contributed by atoms with Crippen molar-refractivity contribution in [2.75, 3.05) is 0 Å². The fraction of sp³-hybridized carbons (Fsp3) is 0.500. The fourth-order valence-electron chi connectivity index (χ4n) is 1.50. The molecule has 64 valence electrons. The van der Waals surface area contributed by atoms with Crippen molar-refractivity contribution in [2.24, 2.45) is 0 Å². The zero-order chi connectivity index (χ0) is 8.55. The lowest BCUT2D eigenvalue weighted by Gasteiger charge is -2.12. The van der Waals surface area contributed by atoms with Crippen LogP contribution in [0.3, 0.4) is 0 Å². The number of carbonyl (C=O) groups excluding carboxylic acids is 1. The van der Waals surface area contributed by atoms with Gasteiger partial charge in [0.25, 0.3) is 0 Å². The van der Waals surface area contributed by atoms with Gasteiger partial charge in [0.05, 0.1) is 12.1 Å². The molecule has 2 heterocycles. The van der Waals surface area contributed by atoms with Gasteiger partial charge in [-0.3, -0.25) is 9.89 Å². The molecule has 0 radical (unpaired) electrons. The van der Waals surface area contributed by atoms with E-state index in [1.807, 2.05) is 0 Å². The van der Waals surface area contributed by atoms with Gasteiger partial charge in [0.15, 0.2) is 0 Å². The quantitative estimate of drug-likeness (QED) is 0.622. The van der Waals surface area contributed by atoms with Crippen molar-refractivity contribution in [3.05, 3.63) is 17.0 Å². The Bertz CT molecular complexity index is 316. The molecular weight excluding hydrogens is 154 g/mol. The second kappa shape index (κ2) is 2.62. The Morgan fingerprint density at radius 2 is 2.42 bits per heavy atom. The number of H-pyrrole nitrogens is 1. The first-order valence-electron chi connectivity index (χ1n) is 4.13. The van der Waals surface area contributed by atoms with Crippen LogP contribution in [-0.2, 0) is 24.2 Å². The Hall–Kier alpha value is -1.32. The van der Waals surface area contributed by atoms with E-state index in [4.69, 9.17) is 0 Å². The number of fused-ring (bicyclic) bond motifs is 1. The van der Waals surface area contributed by atoms with Crippen molar-refractivity contribution in [1.82, 2.24) is 15.5 Å². The summed E-state index contributed by atoms with van der Waals surface area (Å²) in [7, 11) is 0. The third-order valence-corrected chi connectivity index (χ3v) is 2.17. The number of nitrogens with zero attached hydrogens (tertiary/aromatic N) is 1. The molecule has 0 saturated carbocycles. The van der Waals surface area contributed by atoms with E-state index < -0.39 is 0 Å². The average molecular weight is 165 g/mol. The third kappa shape index (κ3) is 0.995. The number of amides is 1. The molecule has 0 aromatic carbocycles. The van der Waals surface area contributed by atoms with Gasteiger partial charge in [-0.15, -0.1) is 0 Å². The van der Waals surface area contributed by atoms with E-state index in [1.54, 1.807) is 0 Å². The summed E-state index contributed by atoms with van der Waals surface area (Å²) in [4.78, 5) is 11.0. The molecule has 0 saturated heterocycles. The van der Waals surface area contributed by atoms with Gasteiger partial charge >= 0.3 is 0 Å². The molecule has 1 aromatic heterocycles. The lowest BCUT2D eigenvalue weighted by atomic mass is 10.1. The first-order valence-corrected chi connectivity index (χ1v) is 4.13. The number of hydrogen-bond acceptors (Lipinski definition) is 2. The van der Waals surface area contributed by atoms with Crippen LogP contribution in [0.15, 0.2) is 0 Å². The number of rotatable bonds is 1. The van der Waals surface area contributed by atoms with Crippen LogP contribution in [0.2, 0.25) is 0 Å². The standard InChI is InChI=1S/C8H11N3O/c1-2-6-5-4-9-8(12)3-7(5)11-10-6/h2-4H2,1H3,(H,9,12)(H,10,11). The Labute approximate surface area is 70.4 Å². The fourth-order valence-corrected chi connectivity index (χ4v) is 1.50. The molecule has 0 fully saturated rings. The summed E-state index contributed by atoms with van der Waals surface area (Å²) in [5, 5.41) is 9.83. The molecule has 0 atom stereocenters. The lowest BCUT2D eigenvalue weighted by molar-refractivity contribution is -0.121. The van der Waals surface area contributed by atoms with Gasteiger partial charge < -0.3 is 5.32 Å². The van der Waals surface area contributed by atoms with Crippen LogP contribution in [0.25, 0.3) is 0 Å². The molecule has 1 amide bonds. The minimum absolute atomic E-state index is 0.0776. The van der Waals surface area contributed by atoms with Crippen LogP contribution in [0.5, 0.6) is 0 Å². The van der Waals surface area contributed by atoms with Crippen molar-refractivity contribution in [3.63, 3.8) is 0 Å². The maximum Gasteiger partial charge on any atom is 0.226 e. The lowest BCUT2D eigenvalue weighted by Crippen LogP contribution is -2.30. The molecule has 1 aliphatic heterocycles. The Morgan fingerprint density at radius 3 is 3.17 bits per heavy atom. The molecule has 4 heteroatoms. The highest BCUT2D eigenvalue weighted by molar-refractivity contribution is 5.80. The first kappa shape index (κ1) is 7.34.